The molecule has 0 radical (unpaired) electrons. The van der Waals surface area contributed by atoms with Gasteiger partial charge in [0, 0.05) is 27.1 Å². The maximum absolute atomic E-state index is 11.9. The zero-order chi connectivity index (χ0) is 17.6. The Morgan fingerprint density at radius 1 is 1.32 bits per heavy atom. The van der Waals surface area contributed by atoms with E-state index in [4.69, 9.17) is 4.74 Å². The van der Waals surface area contributed by atoms with Crippen LogP contribution in [0.4, 0.5) is 5.69 Å². The van der Waals surface area contributed by atoms with Gasteiger partial charge in [0.1, 0.15) is 5.75 Å². The van der Waals surface area contributed by atoms with Crippen molar-refractivity contribution in [2.75, 3.05) is 19.0 Å². The minimum absolute atomic E-state index is 0.0944. The summed E-state index contributed by atoms with van der Waals surface area (Å²) in [6.07, 6.45) is 3.46. The molecule has 7 heteroatoms. The van der Waals surface area contributed by atoms with Gasteiger partial charge in [0.05, 0.1) is 25.6 Å². The van der Waals surface area contributed by atoms with Gasteiger partial charge in [-0.25, -0.2) is 5.43 Å². The molecule has 1 aromatic heterocycles. The lowest BCUT2D eigenvalue weighted by molar-refractivity contribution is -0.119. The maximum atomic E-state index is 11.9. The van der Waals surface area contributed by atoms with Crippen molar-refractivity contribution in [3.05, 3.63) is 58.7 Å². The van der Waals surface area contributed by atoms with Crippen LogP contribution in [0, 0.1) is 0 Å². The number of rotatable bonds is 6. The number of carbonyl (C=O) groups excluding carboxylic acids is 1. The lowest BCUT2D eigenvalue weighted by atomic mass is 10.2. The highest BCUT2D eigenvalue weighted by molar-refractivity contribution is 9.10. The fourth-order valence-electron chi connectivity index (χ4n) is 2.40. The number of halogens is 1. The SMILES string of the molecule is COc1ccccc1NCC(=O)N/N=C/c1c[nH]c2ccc(Br)cc12. The number of hydrogen-bond donors (Lipinski definition) is 3. The van der Waals surface area contributed by atoms with Crippen molar-refractivity contribution in [2.24, 2.45) is 5.10 Å². The number of hydrazone groups is 1. The molecule has 0 atom stereocenters. The molecule has 128 valence electrons. The van der Waals surface area contributed by atoms with Crippen LogP contribution in [0.25, 0.3) is 10.9 Å². The predicted molar refractivity (Wildman–Crippen MR) is 103 cm³/mol. The van der Waals surface area contributed by atoms with Crippen molar-refractivity contribution >= 4 is 44.6 Å². The molecule has 0 bridgehead atoms. The average molecular weight is 401 g/mol. The molecule has 25 heavy (non-hydrogen) atoms. The molecule has 0 spiro atoms. The van der Waals surface area contributed by atoms with Crippen LogP contribution in [-0.4, -0.2) is 30.8 Å². The highest BCUT2D eigenvalue weighted by Crippen LogP contribution is 2.23. The van der Waals surface area contributed by atoms with Gasteiger partial charge in [-0.3, -0.25) is 4.79 Å². The molecule has 0 saturated heterocycles. The van der Waals surface area contributed by atoms with Crippen LogP contribution in [0.5, 0.6) is 5.75 Å². The molecule has 2 aromatic carbocycles. The van der Waals surface area contributed by atoms with E-state index < -0.39 is 0 Å². The number of anilines is 1. The number of para-hydroxylation sites is 2. The number of hydrogen-bond acceptors (Lipinski definition) is 4. The molecule has 3 N–H and O–H groups in total. The van der Waals surface area contributed by atoms with Gasteiger partial charge < -0.3 is 15.0 Å². The second-order valence-corrected chi connectivity index (χ2v) is 6.20. The van der Waals surface area contributed by atoms with Gasteiger partial charge in [-0.05, 0) is 30.3 Å². The molecular weight excluding hydrogens is 384 g/mol. The van der Waals surface area contributed by atoms with Gasteiger partial charge in [-0.15, -0.1) is 0 Å². The van der Waals surface area contributed by atoms with E-state index in [1.54, 1.807) is 13.3 Å². The van der Waals surface area contributed by atoms with Crippen LogP contribution < -0.4 is 15.5 Å². The third-order valence-corrected chi connectivity index (χ3v) is 4.11. The first-order valence-corrected chi connectivity index (χ1v) is 8.42. The summed E-state index contributed by atoms with van der Waals surface area (Å²) >= 11 is 3.45. The third-order valence-electron chi connectivity index (χ3n) is 3.62. The number of ether oxygens (including phenoxy) is 1. The Balaban J connectivity index is 1.58. The quantitative estimate of drug-likeness (QED) is 0.437. The van der Waals surface area contributed by atoms with Gasteiger partial charge in [0.2, 0.25) is 0 Å². The van der Waals surface area contributed by atoms with Crippen LogP contribution >= 0.6 is 15.9 Å². The van der Waals surface area contributed by atoms with Gasteiger partial charge in [0.15, 0.2) is 0 Å². The van der Waals surface area contributed by atoms with Gasteiger partial charge in [0.25, 0.3) is 5.91 Å². The summed E-state index contributed by atoms with van der Waals surface area (Å²) in [5.41, 5.74) is 5.17. The molecule has 0 aliphatic carbocycles. The number of aromatic nitrogens is 1. The second kappa shape index (κ2) is 7.85. The molecule has 3 aromatic rings. The predicted octanol–water partition coefficient (Wildman–Crippen LogP) is 3.50. The fourth-order valence-corrected chi connectivity index (χ4v) is 2.76. The highest BCUT2D eigenvalue weighted by Gasteiger charge is 2.05. The van der Waals surface area contributed by atoms with Crippen LogP contribution in [0.3, 0.4) is 0 Å². The highest BCUT2D eigenvalue weighted by atomic mass is 79.9. The van der Waals surface area contributed by atoms with Crippen molar-refractivity contribution in [1.82, 2.24) is 10.4 Å². The summed E-state index contributed by atoms with van der Waals surface area (Å²) in [7, 11) is 1.59. The summed E-state index contributed by atoms with van der Waals surface area (Å²) in [5, 5.41) is 8.07. The minimum atomic E-state index is -0.247. The molecule has 3 rings (SSSR count). The Bertz CT molecular complexity index is 920. The monoisotopic (exact) mass is 400 g/mol. The van der Waals surface area contributed by atoms with Crippen molar-refractivity contribution in [3.63, 3.8) is 0 Å². The Kier molecular flexibility index (Phi) is 5.35. The number of nitrogens with one attached hydrogen (secondary N) is 3. The average Bonchev–Trinajstić information content (AvgIpc) is 3.02. The zero-order valence-corrected chi connectivity index (χ0v) is 15.1. The van der Waals surface area contributed by atoms with Gasteiger partial charge in [-0.1, -0.05) is 28.1 Å². The molecule has 0 fully saturated rings. The minimum Gasteiger partial charge on any atom is -0.495 e. The smallest absolute Gasteiger partial charge is 0.259 e. The van der Waals surface area contributed by atoms with Crippen molar-refractivity contribution < 1.29 is 9.53 Å². The first-order valence-electron chi connectivity index (χ1n) is 7.63. The Labute approximate surface area is 153 Å². The first kappa shape index (κ1) is 17.0. The fraction of sp³-hybridized carbons (Fsp3) is 0.111. The third kappa shape index (κ3) is 4.19. The number of nitrogens with zero attached hydrogens (tertiary/aromatic N) is 1. The normalized spacial score (nSPS) is 11.0. The van der Waals surface area contributed by atoms with E-state index >= 15 is 0 Å². The maximum Gasteiger partial charge on any atom is 0.259 e. The molecular formula is C18H17BrN4O2. The van der Waals surface area contributed by atoms with Crippen LogP contribution in [0.15, 0.2) is 58.2 Å². The van der Waals surface area contributed by atoms with Crippen molar-refractivity contribution in [1.29, 1.82) is 0 Å². The largest absolute Gasteiger partial charge is 0.495 e. The van der Waals surface area contributed by atoms with E-state index in [-0.39, 0.29) is 12.5 Å². The van der Waals surface area contributed by atoms with Crippen LogP contribution in [0.2, 0.25) is 0 Å². The lowest BCUT2D eigenvalue weighted by Gasteiger charge is -2.09. The van der Waals surface area contributed by atoms with Gasteiger partial charge >= 0.3 is 0 Å². The molecule has 1 amide bonds. The van der Waals surface area contributed by atoms with Crippen LogP contribution in [0.1, 0.15) is 5.56 Å². The molecule has 1 heterocycles. The van der Waals surface area contributed by atoms with Crippen molar-refractivity contribution in [2.45, 2.75) is 0 Å². The Morgan fingerprint density at radius 3 is 3.00 bits per heavy atom. The Morgan fingerprint density at radius 2 is 2.16 bits per heavy atom. The number of methoxy groups -OCH3 is 1. The number of H-pyrrole nitrogens is 1. The van der Waals surface area contributed by atoms with Crippen LogP contribution in [-0.2, 0) is 4.79 Å². The summed E-state index contributed by atoms with van der Waals surface area (Å²) in [5.74, 6) is 0.436. The molecule has 0 aliphatic rings. The zero-order valence-electron chi connectivity index (χ0n) is 13.5. The van der Waals surface area contributed by atoms with E-state index in [2.05, 4.69) is 36.8 Å². The van der Waals surface area contributed by atoms with E-state index in [1.165, 1.54) is 0 Å². The standard InChI is InChI=1S/C18H17BrN4O2/c1-25-17-5-3-2-4-16(17)21-11-18(24)23-22-10-12-9-20-15-7-6-13(19)8-14(12)15/h2-10,20-21H,11H2,1H3,(H,23,24)/b22-10+. The molecule has 0 aliphatic heterocycles. The van der Waals surface area contributed by atoms with E-state index in [1.807, 2.05) is 48.7 Å². The van der Waals surface area contributed by atoms with E-state index in [9.17, 15) is 4.79 Å². The van der Waals surface area contributed by atoms with E-state index in [0.717, 1.165) is 26.6 Å². The van der Waals surface area contributed by atoms with Crippen molar-refractivity contribution in [3.8, 4) is 5.75 Å². The second-order valence-electron chi connectivity index (χ2n) is 5.28. The topological polar surface area (TPSA) is 78.5 Å². The molecule has 0 saturated carbocycles. The Hall–Kier alpha value is -2.80. The summed E-state index contributed by atoms with van der Waals surface area (Å²) in [6.45, 7) is 0.0944. The lowest BCUT2D eigenvalue weighted by Crippen LogP contribution is -2.26. The van der Waals surface area contributed by atoms with Gasteiger partial charge in [-0.2, -0.15) is 5.10 Å². The molecule has 0 unspecified atom stereocenters. The van der Waals surface area contributed by atoms with E-state index in [0.29, 0.717) is 5.75 Å². The number of benzene rings is 2. The number of aromatic amines is 1. The number of carbonyl (C=O) groups is 1. The molecule has 6 nitrogen and oxygen atoms in total. The number of amides is 1. The number of fused-ring (bicyclic) bond motifs is 1. The first-order chi connectivity index (χ1) is 12.2. The summed E-state index contributed by atoms with van der Waals surface area (Å²) in [4.78, 5) is 15.1. The summed E-state index contributed by atoms with van der Waals surface area (Å²) < 4.78 is 6.21. The summed E-state index contributed by atoms with van der Waals surface area (Å²) in [6, 6.07) is 13.4.